The molecule has 6 nitrogen and oxygen atoms in total. The number of hydrogen-bond acceptors (Lipinski definition) is 5. The highest BCUT2D eigenvalue weighted by Gasteiger charge is 2.34. The highest BCUT2D eigenvalue weighted by atomic mass is 35.5. The van der Waals surface area contributed by atoms with Gasteiger partial charge in [-0.1, -0.05) is 18.0 Å². The van der Waals surface area contributed by atoms with Gasteiger partial charge in [0.05, 0.1) is 11.8 Å². The minimum Gasteiger partial charge on any atom is -0.461 e. The Hall–Kier alpha value is -1.79. The molecule has 1 fully saturated rings. The summed E-state index contributed by atoms with van der Waals surface area (Å²) in [6.07, 6.45) is 5.55. The van der Waals surface area contributed by atoms with E-state index >= 15 is 0 Å². The van der Waals surface area contributed by atoms with Crippen LogP contribution in [0.4, 0.5) is 0 Å². The zero-order valence-electron chi connectivity index (χ0n) is 11.5. The van der Waals surface area contributed by atoms with Gasteiger partial charge in [-0.15, -0.1) is 12.4 Å². The molecule has 0 bridgehead atoms. The number of furan rings is 1. The van der Waals surface area contributed by atoms with Crippen molar-refractivity contribution in [2.45, 2.75) is 31.2 Å². The fourth-order valence-corrected chi connectivity index (χ4v) is 2.65. The van der Waals surface area contributed by atoms with Crippen molar-refractivity contribution >= 4 is 18.3 Å². The van der Waals surface area contributed by atoms with Crippen molar-refractivity contribution in [3.8, 4) is 11.5 Å². The van der Waals surface area contributed by atoms with Crippen LogP contribution in [0, 0.1) is 0 Å². The van der Waals surface area contributed by atoms with Crippen molar-refractivity contribution in [3.05, 3.63) is 30.2 Å². The van der Waals surface area contributed by atoms with Crippen molar-refractivity contribution in [2.24, 2.45) is 5.73 Å². The van der Waals surface area contributed by atoms with E-state index < -0.39 is 0 Å². The van der Waals surface area contributed by atoms with Crippen LogP contribution >= 0.6 is 12.4 Å². The molecule has 0 aromatic carbocycles. The summed E-state index contributed by atoms with van der Waals surface area (Å²) in [5.74, 6) is 0.734. The fourth-order valence-electron chi connectivity index (χ4n) is 2.65. The second-order valence-corrected chi connectivity index (χ2v) is 5.20. The maximum Gasteiger partial charge on any atom is 0.273 e. The molecule has 3 N–H and O–H groups in total. The minimum atomic E-state index is -0.291. The van der Waals surface area contributed by atoms with Gasteiger partial charge in [0.15, 0.2) is 11.5 Å². The molecule has 21 heavy (non-hydrogen) atoms. The topological polar surface area (TPSA) is 94.3 Å². The zero-order chi connectivity index (χ0) is 14.0. The molecule has 2 aromatic heterocycles. The van der Waals surface area contributed by atoms with Gasteiger partial charge in [-0.3, -0.25) is 4.79 Å². The molecule has 0 spiro atoms. The molecule has 1 aliphatic rings. The Labute approximate surface area is 128 Å². The molecule has 7 heteroatoms. The van der Waals surface area contributed by atoms with Crippen LogP contribution in [0.1, 0.15) is 36.2 Å². The fraction of sp³-hybridized carbons (Fsp3) is 0.429. The summed E-state index contributed by atoms with van der Waals surface area (Å²) in [6.45, 7) is 0.446. The average Bonchev–Trinajstić information content (AvgIpc) is 3.19. The molecule has 1 amide bonds. The number of nitrogens with one attached hydrogen (secondary N) is 1. The zero-order valence-corrected chi connectivity index (χ0v) is 12.3. The van der Waals surface area contributed by atoms with Crippen LogP contribution in [0.15, 0.2) is 33.4 Å². The highest BCUT2D eigenvalue weighted by molar-refractivity contribution is 5.93. The Morgan fingerprint density at radius 1 is 1.38 bits per heavy atom. The molecule has 2 aromatic rings. The lowest BCUT2D eigenvalue weighted by Crippen LogP contribution is -2.51. The molecule has 114 valence electrons. The molecule has 3 rings (SSSR count). The first-order valence-corrected chi connectivity index (χ1v) is 6.76. The van der Waals surface area contributed by atoms with Gasteiger partial charge in [0.2, 0.25) is 5.76 Å². The molecule has 0 aliphatic heterocycles. The van der Waals surface area contributed by atoms with Gasteiger partial charge >= 0.3 is 0 Å². The van der Waals surface area contributed by atoms with E-state index in [1.54, 1.807) is 24.5 Å². The SMILES string of the molecule is Cl.NCC1(NC(=O)c2cc(-c3ccco3)on2)CCCC1. The van der Waals surface area contributed by atoms with E-state index in [2.05, 4.69) is 10.5 Å². The van der Waals surface area contributed by atoms with E-state index in [-0.39, 0.29) is 29.5 Å². The van der Waals surface area contributed by atoms with Crippen LogP contribution in [0.2, 0.25) is 0 Å². The lowest BCUT2D eigenvalue weighted by molar-refractivity contribution is 0.0894. The van der Waals surface area contributed by atoms with Crippen LogP contribution in [0.25, 0.3) is 11.5 Å². The third kappa shape index (κ3) is 3.11. The van der Waals surface area contributed by atoms with Gasteiger partial charge in [0.25, 0.3) is 5.91 Å². The number of hydrogen-bond donors (Lipinski definition) is 2. The molecule has 0 saturated heterocycles. The number of carbonyl (C=O) groups is 1. The summed E-state index contributed by atoms with van der Waals surface area (Å²) in [5, 5.41) is 6.79. The number of nitrogens with zero attached hydrogens (tertiary/aromatic N) is 1. The first-order chi connectivity index (χ1) is 9.72. The maximum absolute atomic E-state index is 12.2. The van der Waals surface area contributed by atoms with E-state index in [1.165, 1.54) is 0 Å². The minimum absolute atomic E-state index is 0. The molecule has 0 atom stereocenters. The first kappa shape index (κ1) is 15.6. The second kappa shape index (κ2) is 6.32. The molecule has 0 radical (unpaired) electrons. The van der Waals surface area contributed by atoms with E-state index in [0.29, 0.717) is 18.1 Å². The quantitative estimate of drug-likeness (QED) is 0.904. The van der Waals surface area contributed by atoms with Gasteiger partial charge < -0.3 is 20.0 Å². The van der Waals surface area contributed by atoms with E-state index in [0.717, 1.165) is 25.7 Å². The summed E-state index contributed by atoms with van der Waals surface area (Å²) >= 11 is 0. The standard InChI is InChI=1S/C14H17N3O3.ClH/c15-9-14(5-1-2-6-14)16-13(18)10-8-12(20-17-10)11-4-3-7-19-11;/h3-4,7-8H,1-2,5-6,9,15H2,(H,16,18);1H. The molecular weight excluding hydrogens is 294 g/mol. The summed E-state index contributed by atoms with van der Waals surface area (Å²) in [4.78, 5) is 12.2. The third-order valence-corrected chi connectivity index (χ3v) is 3.84. The molecule has 1 saturated carbocycles. The summed E-state index contributed by atoms with van der Waals surface area (Å²) < 4.78 is 10.3. The van der Waals surface area contributed by atoms with Crippen LogP contribution in [0.3, 0.4) is 0 Å². The monoisotopic (exact) mass is 311 g/mol. The van der Waals surface area contributed by atoms with Crippen LogP contribution in [-0.2, 0) is 0 Å². The Balaban J connectivity index is 0.00000161. The van der Waals surface area contributed by atoms with Gasteiger partial charge in [-0.05, 0) is 25.0 Å². The van der Waals surface area contributed by atoms with Crippen molar-refractivity contribution in [3.63, 3.8) is 0 Å². The third-order valence-electron chi connectivity index (χ3n) is 3.84. The lowest BCUT2D eigenvalue weighted by atomic mass is 9.97. The van der Waals surface area contributed by atoms with E-state index in [1.807, 2.05) is 0 Å². The van der Waals surface area contributed by atoms with Crippen molar-refractivity contribution in [2.75, 3.05) is 6.54 Å². The van der Waals surface area contributed by atoms with E-state index in [4.69, 9.17) is 14.7 Å². The predicted molar refractivity (Wildman–Crippen MR) is 79.2 cm³/mol. The maximum atomic E-state index is 12.2. The van der Waals surface area contributed by atoms with Crippen LogP contribution in [-0.4, -0.2) is 23.1 Å². The van der Waals surface area contributed by atoms with Gasteiger partial charge in [-0.2, -0.15) is 0 Å². The molecule has 1 aliphatic carbocycles. The smallest absolute Gasteiger partial charge is 0.273 e. The summed E-state index contributed by atoms with van der Waals surface area (Å²) in [7, 11) is 0. The number of nitrogens with two attached hydrogens (primary N) is 1. The number of amides is 1. The van der Waals surface area contributed by atoms with Crippen LogP contribution < -0.4 is 11.1 Å². The normalized spacial score (nSPS) is 16.4. The second-order valence-electron chi connectivity index (χ2n) is 5.20. The highest BCUT2D eigenvalue weighted by Crippen LogP contribution is 2.29. The van der Waals surface area contributed by atoms with Crippen molar-refractivity contribution < 1.29 is 13.7 Å². The Morgan fingerprint density at radius 2 is 2.14 bits per heavy atom. The van der Waals surface area contributed by atoms with Crippen molar-refractivity contribution in [1.82, 2.24) is 10.5 Å². The van der Waals surface area contributed by atoms with E-state index in [9.17, 15) is 4.79 Å². The van der Waals surface area contributed by atoms with Gasteiger partial charge in [-0.25, -0.2) is 0 Å². The van der Waals surface area contributed by atoms with Gasteiger partial charge in [0.1, 0.15) is 0 Å². The van der Waals surface area contributed by atoms with Gasteiger partial charge in [0, 0.05) is 12.6 Å². The van der Waals surface area contributed by atoms with Crippen molar-refractivity contribution in [1.29, 1.82) is 0 Å². The Kier molecular flexibility index (Phi) is 4.69. The largest absolute Gasteiger partial charge is 0.461 e. The Morgan fingerprint density at radius 3 is 2.76 bits per heavy atom. The summed E-state index contributed by atoms with van der Waals surface area (Å²) in [6, 6.07) is 5.08. The predicted octanol–water partition coefficient (Wildman–Crippen LogP) is 2.36. The average molecular weight is 312 g/mol. The molecule has 0 unspecified atom stereocenters. The molecule has 2 heterocycles. The first-order valence-electron chi connectivity index (χ1n) is 6.76. The number of rotatable bonds is 4. The number of carbonyl (C=O) groups excluding carboxylic acids is 1. The Bertz CT molecular complexity index is 588. The summed E-state index contributed by atoms with van der Waals surface area (Å²) in [5.41, 5.74) is 5.76. The van der Waals surface area contributed by atoms with Crippen LogP contribution in [0.5, 0.6) is 0 Å². The molecular formula is C14H18ClN3O3. The number of aromatic nitrogens is 1. The number of halogens is 1. The lowest BCUT2D eigenvalue weighted by Gasteiger charge is -2.28.